The van der Waals surface area contributed by atoms with Crippen LogP contribution in [0.4, 0.5) is 5.69 Å². The number of rotatable bonds is 5. The van der Waals surface area contributed by atoms with Crippen LogP contribution < -0.4 is 10.1 Å². The van der Waals surface area contributed by atoms with Crippen LogP contribution in [-0.2, 0) is 6.73 Å². The van der Waals surface area contributed by atoms with E-state index in [-0.39, 0.29) is 18.3 Å². The number of hydrogen-bond donors (Lipinski definition) is 1. The van der Waals surface area contributed by atoms with E-state index in [1.165, 1.54) is 4.68 Å². The monoisotopic (exact) mass is 346 g/mol. The van der Waals surface area contributed by atoms with E-state index >= 15 is 0 Å². The van der Waals surface area contributed by atoms with E-state index in [4.69, 9.17) is 20.9 Å². The largest absolute Gasteiger partial charge is 0.471 e. The first-order valence-electron chi connectivity index (χ1n) is 7.19. The van der Waals surface area contributed by atoms with Gasteiger partial charge in [0.05, 0.1) is 0 Å². The van der Waals surface area contributed by atoms with Crippen LogP contribution in [0.2, 0.25) is 5.02 Å². The second-order valence-electron chi connectivity index (χ2n) is 5.12. The zero-order valence-electron chi connectivity index (χ0n) is 13.1. The van der Waals surface area contributed by atoms with E-state index in [9.17, 15) is 4.79 Å². The van der Waals surface area contributed by atoms with E-state index in [1.807, 2.05) is 0 Å². The Kier molecular flexibility index (Phi) is 4.52. The highest BCUT2D eigenvalue weighted by Gasteiger charge is 2.15. The summed E-state index contributed by atoms with van der Waals surface area (Å²) in [5, 5.41) is 11.3. The molecule has 0 fully saturated rings. The predicted octanol–water partition coefficient (Wildman–Crippen LogP) is 3.43. The third kappa shape index (κ3) is 3.57. The number of nitrogens with zero attached hydrogens (tertiary/aromatic N) is 3. The van der Waals surface area contributed by atoms with Gasteiger partial charge in [-0.15, -0.1) is 0 Å². The zero-order valence-corrected chi connectivity index (χ0v) is 13.9. The van der Waals surface area contributed by atoms with Gasteiger partial charge in [0.1, 0.15) is 17.1 Å². The Morgan fingerprint density at radius 1 is 1.38 bits per heavy atom. The molecule has 3 rings (SSSR count). The summed E-state index contributed by atoms with van der Waals surface area (Å²) in [5.41, 5.74) is 1.44. The van der Waals surface area contributed by atoms with Gasteiger partial charge in [-0.2, -0.15) is 5.10 Å². The molecule has 0 saturated heterocycles. The van der Waals surface area contributed by atoms with Gasteiger partial charge in [0.25, 0.3) is 5.91 Å². The molecule has 1 amide bonds. The number of aryl methyl sites for hydroxylation is 2. The summed E-state index contributed by atoms with van der Waals surface area (Å²) in [6, 6.07) is 8.66. The molecule has 2 aromatic heterocycles. The first kappa shape index (κ1) is 16.1. The Balaban J connectivity index is 1.63. The normalized spacial score (nSPS) is 10.6. The number of benzene rings is 1. The topological polar surface area (TPSA) is 82.2 Å². The second kappa shape index (κ2) is 6.76. The number of ether oxygens (including phenoxy) is 1. The second-order valence-corrected chi connectivity index (χ2v) is 5.56. The van der Waals surface area contributed by atoms with Crippen molar-refractivity contribution in [2.45, 2.75) is 20.6 Å². The molecule has 124 valence electrons. The molecule has 0 saturated carbocycles. The van der Waals surface area contributed by atoms with Crippen LogP contribution in [0.3, 0.4) is 0 Å². The lowest BCUT2D eigenvalue weighted by Gasteiger charge is -2.06. The van der Waals surface area contributed by atoms with Crippen LogP contribution in [0.5, 0.6) is 5.75 Å². The van der Waals surface area contributed by atoms with Crippen molar-refractivity contribution in [1.29, 1.82) is 0 Å². The lowest BCUT2D eigenvalue weighted by molar-refractivity contribution is 0.102. The molecule has 0 aliphatic carbocycles. The number of amides is 1. The van der Waals surface area contributed by atoms with Gasteiger partial charge < -0.3 is 14.6 Å². The zero-order chi connectivity index (χ0) is 17.1. The summed E-state index contributed by atoms with van der Waals surface area (Å²) in [5.74, 6) is 0.829. The molecule has 8 heteroatoms. The third-order valence-corrected chi connectivity index (χ3v) is 3.54. The summed E-state index contributed by atoms with van der Waals surface area (Å²) in [4.78, 5) is 12.2. The van der Waals surface area contributed by atoms with Crippen LogP contribution in [0.15, 0.2) is 41.1 Å². The lowest BCUT2D eigenvalue weighted by Crippen LogP contribution is -2.15. The van der Waals surface area contributed by atoms with E-state index in [1.54, 1.807) is 50.4 Å². The van der Waals surface area contributed by atoms with Gasteiger partial charge >= 0.3 is 0 Å². The molecule has 0 unspecified atom stereocenters. The molecular formula is C16H15ClN4O3. The molecule has 7 nitrogen and oxygen atoms in total. The first-order valence-corrected chi connectivity index (χ1v) is 7.57. The SMILES string of the molecule is Cc1noc(C)c1NC(=O)c1ccn(COc2cccc(Cl)c2)n1. The Bertz CT molecular complexity index is 852. The molecule has 0 radical (unpaired) electrons. The highest BCUT2D eigenvalue weighted by Crippen LogP contribution is 2.19. The van der Waals surface area contributed by atoms with E-state index in [0.29, 0.717) is 27.9 Å². The Labute approximate surface area is 143 Å². The van der Waals surface area contributed by atoms with Gasteiger partial charge in [-0.3, -0.25) is 4.79 Å². The van der Waals surface area contributed by atoms with Gasteiger partial charge in [0, 0.05) is 11.2 Å². The Morgan fingerprint density at radius 3 is 2.92 bits per heavy atom. The minimum Gasteiger partial charge on any atom is -0.471 e. The average molecular weight is 347 g/mol. The molecule has 1 N–H and O–H groups in total. The fourth-order valence-electron chi connectivity index (χ4n) is 2.09. The fourth-order valence-corrected chi connectivity index (χ4v) is 2.27. The van der Waals surface area contributed by atoms with E-state index in [2.05, 4.69) is 15.6 Å². The lowest BCUT2D eigenvalue weighted by atomic mass is 10.3. The Morgan fingerprint density at radius 2 is 2.21 bits per heavy atom. The van der Waals surface area contributed by atoms with Crippen molar-refractivity contribution >= 4 is 23.2 Å². The molecule has 3 aromatic rings. The van der Waals surface area contributed by atoms with E-state index in [0.717, 1.165) is 0 Å². The molecule has 1 aromatic carbocycles. The maximum atomic E-state index is 12.2. The van der Waals surface area contributed by atoms with Crippen molar-refractivity contribution in [2.24, 2.45) is 0 Å². The van der Waals surface area contributed by atoms with Gasteiger partial charge in [0.15, 0.2) is 18.2 Å². The highest BCUT2D eigenvalue weighted by atomic mass is 35.5. The maximum Gasteiger partial charge on any atom is 0.276 e. The third-order valence-electron chi connectivity index (χ3n) is 3.30. The van der Waals surface area contributed by atoms with Crippen LogP contribution in [-0.4, -0.2) is 20.8 Å². The van der Waals surface area contributed by atoms with Gasteiger partial charge in [-0.1, -0.05) is 22.8 Å². The summed E-state index contributed by atoms with van der Waals surface area (Å²) in [7, 11) is 0. The van der Waals surface area contributed by atoms with Gasteiger partial charge in [-0.05, 0) is 38.1 Å². The summed E-state index contributed by atoms with van der Waals surface area (Å²) in [6.45, 7) is 3.65. The molecular weight excluding hydrogens is 332 g/mol. The predicted molar refractivity (Wildman–Crippen MR) is 88.2 cm³/mol. The van der Waals surface area contributed by atoms with Crippen LogP contribution in [0, 0.1) is 13.8 Å². The minimum absolute atomic E-state index is 0.166. The fraction of sp³-hybridized carbons (Fsp3) is 0.188. The molecule has 0 aliphatic rings. The van der Waals surface area contributed by atoms with Crippen LogP contribution in [0.25, 0.3) is 0 Å². The molecule has 0 atom stereocenters. The molecule has 2 heterocycles. The number of anilines is 1. The summed E-state index contributed by atoms with van der Waals surface area (Å²) < 4.78 is 12.1. The van der Waals surface area contributed by atoms with Crippen molar-refractivity contribution in [1.82, 2.24) is 14.9 Å². The summed E-state index contributed by atoms with van der Waals surface area (Å²) in [6.07, 6.45) is 1.66. The first-order chi connectivity index (χ1) is 11.5. The number of halogens is 1. The van der Waals surface area contributed by atoms with Gasteiger partial charge in [-0.25, -0.2) is 4.68 Å². The smallest absolute Gasteiger partial charge is 0.276 e. The number of carbonyl (C=O) groups is 1. The summed E-state index contributed by atoms with van der Waals surface area (Å²) >= 11 is 5.90. The van der Waals surface area contributed by atoms with Crippen LogP contribution in [0.1, 0.15) is 21.9 Å². The number of aromatic nitrogens is 3. The maximum absolute atomic E-state index is 12.2. The molecule has 0 bridgehead atoms. The van der Waals surface area contributed by atoms with E-state index < -0.39 is 0 Å². The number of carbonyl (C=O) groups excluding carboxylic acids is 1. The van der Waals surface area contributed by atoms with Crippen molar-refractivity contribution in [3.8, 4) is 5.75 Å². The average Bonchev–Trinajstić information content (AvgIpc) is 3.15. The van der Waals surface area contributed by atoms with Crippen LogP contribution >= 0.6 is 11.6 Å². The number of hydrogen-bond acceptors (Lipinski definition) is 5. The van der Waals surface area contributed by atoms with Crippen molar-refractivity contribution < 1.29 is 14.1 Å². The van der Waals surface area contributed by atoms with Crippen molar-refractivity contribution in [3.63, 3.8) is 0 Å². The highest BCUT2D eigenvalue weighted by molar-refractivity contribution is 6.30. The minimum atomic E-state index is -0.342. The number of nitrogens with one attached hydrogen (secondary N) is 1. The van der Waals surface area contributed by atoms with Crippen molar-refractivity contribution in [3.05, 3.63) is 58.7 Å². The standard InChI is InChI=1S/C16H15ClN4O3/c1-10-15(11(2)24-20-10)18-16(22)14-6-7-21(19-14)9-23-13-5-3-4-12(17)8-13/h3-8H,9H2,1-2H3,(H,18,22). The molecule has 24 heavy (non-hydrogen) atoms. The molecule has 0 aliphatic heterocycles. The Hall–Kier alpha value is -2.80. The van der Waals surface area contributed by atoms with Crippen molar-refractivity contribution in [2.75, 3.05) is 5.32 Å². The molecule has 0 spiro atoms. The van der Waals surface area contributed by atoms with Gasteiger partial charge in [0.2, 0.25) is 0 Å². The quantitative estimate of drug-likeness (QED) is 0.765.